The lowest BCUT2D eigenvalue weighted by atomic mass is 9.81. The first kappa shape index (κ1) is 41.4. The topological polar surface area (TPSA) is 34.0 Å². The zero-order chi connectivity index (χ0) is 48.4. The number of para-hydroxylation sites is 1. The summed E-state index contributed by atoms with van der Waals surface area (Å²) in [7, 11) is 0. The molecule has 0 saturated carbocycles. The van der Waals surface area contributed by atoms with Crippen LogP contribution in [0.1, 0.15) is 25.0 Å². The van der Waals surface area contributed by atoms with Crippen LogP contribution in [0.25, 0.3) is 115 Å². The predicted molar refractivity (Wildman–Crippen MR) is 307 cm³/mol. The van der Waals surface area contributed by atoms with E-state index in [1.807, 2.05) is 12.3 Å². The van der Waals surface area contributed by atoms with Crippen molar-refractivity contribution in [3.63, 3.8) is 0 Å². The number of benzene rings is 12. The van der Waals surface area contributed by atoms with Crippen LogP contribution in [0, 0.1) is 0 Å². The Balaban J connectivity index is 0.911. The second-order valence-corrected chi connectivity index (χ2v) is 20.2. The summed E-state index contributed by atoms with van der Waals surface area (Å²) in [5.74, 6) is 0.661. The van der Waals surface area contributed by atoms with Crippen molar-refractivity contribution in [2.45, 2.75) is 19.3 Å². The lowest BCUT2D eigenvalue weighted by Gasteiger charge is -2.27. The molecule has 4 heteroatoms. The van der Waals surface area contributed by atoms with Gasteiger partial charge in [0.2, 0.25) is 5.95 Å². The number of fused-ring (bicyclic) bond motifs is 14. The second kappa shape index (κ2) is 15.8. The maximum Gasteiger partial charge on any atom is 0.235 e. The molecular weight excluding hydrogens is 885 g/mol. The van der Waals surface area contributed by atoms with Crippen molar-refractivity contribution < 1.29 is 0 Å². The fourth-order valence-corrected chi connectivity index (χ4v) is 12.2. The summed E-state index contributed by atoms with van der Waals surface area (Å²) in [6.07, 6.45) is 1.96. The van der Waals surface area contributed by atoms with Gasteiger partial charge in [0.25, 0.3) is 0 Å². The van der Waals surface area contributed by atoms with E-state index in [0.29, 0.717) is 5.95 Å². The van der Waals surface area contributed by atoms with Gasteiger partial charge >= 0.3 is 0 Å². The molecule has 4 nitrogen and oxygen atoms in total. The van der Waals surface area contributed by atoms with Crippen molar-refractivity contribution in [3.05, 3.63) is 254 Å². The molecule has 0 bridgehead atoms. The third-order valence-corrected chi connectivity index (χ3v) is 15.8. The molecule has 12 aromatic carbocycles. The Morgan fingerprint density at radius 3 is 1.68 bits per heavy atom. The van der Waals surface area contributed by atoms with Gasteiger partial charge in [-0.15, -0.1) is 0 Å². The maximum atomic E-state index is 5.23. The van der Waals surface area contributed by atoms with Crippen LogP contribution in [0.2, 0.25) is 0 Å². The van der Waals surface area contributed by atoms with Gasteiger partial charge in [0, 0.05) is 44.5 Å². The Bertz CT molecular complexity index is 4580. The highest BCUT2D eigenvalue weighted by molar-refractivity contribution is 6.26. The quantitative estimate of drug-likeness (QED) is 0.156. The molecule has 0 unspecified atom stereocenters. The molecule has 73 heavy (non-hydrogen) atoms. The molecule has 15 rings (SSSR count). The molecule has 0 atom stereocenters. The highest BCUT2D eigenvalue weighted by atomic mass is 15.2. The molecule has 342 valence electrons. The molecule has 2 aromatic heterocycles. The minimum absolute atomic E-state index is 0.252. The Hall–Kier alpha value is -9.38. The van der Waals surface area contributed by atoms with E-state index >= 15 is 0 Å². The molecule has 0 radical (unpaired) electrons. The zero-order valence-electron chi connectivity index (χ0n) is 40.4. The third-order valence-electron chi connectivity index (χ3n) is 15.8. The van der Waals surface area contributed by atoms with Crippen LogP contribution in [-0.4, -0.2) is 14.5 Å². The van der Waals surface area contributed by atoms with Crippen molar-refractivity contribution in [2.75, 3.05) is 4.90 Å². The maximum absolute atomic E-state index is 5.23. The first-order chi connectivity index (χ1) is 35.9. The van der Waals surface area contributed by atoms with Crippen LogP contribution in [0.4, 0.5) is 17.1 Å². The van der Waals surface area contributed by atoms with Gasteiger partial charge in [0.15, 0.2) is 0 Å². The van der Waals surface area contributed by atoms with Gasteiger partial charge in [-0.25, -0.2) is 9.97 Å². The molecular formula is C69H46N4. The summed E-state index contributed by atoms with van der Waals surface area (Å²) in [4.78, 5) is 12.7. The normalized spacial score (nSPS) is 12.9. The van der Waals surface area contributed by atoms with E-state index in [1.54, 1.807) is 0 Å². The number of hydrogen-bond acceptors (Lipinski definition) is 3. The molecule has 2 heterocycles. The van der Waals surface area contributed by atoms with Crippen molar-refractivity contribution in [1.29, 1.82) is 0 Å². The van der Waals surface area contributed by atoms with Crippen molar-refractivity contribution in [1.82, 2.24) is 14.5 Å². The molecule has 14 aromatic rings. The number of nitrogens with zero attached hydrogens (tertiary/aromatic N) is 4. The SMILES string of the molecule is CC1(C)c2cc3c4ccccc4c4ccccc4c3cc2-c2cc3c(cc21)c1cc(-c2ccc(N(c4cccc(-c5ccccc5)c4)c4cccc5ccccc45)cc2)ccc1n3-c1ncc2ccccc2n1. The van der Waals surface area contributed by atoms with Gasteiger partial charge in [-0.3, -0.25) is 4.57 Å². The van der Waals surface area contributed by atoms with E-state index in [1.165, 1.54) is 87.2 Å². The second-order valence-electron chi connectivity index (χ2n) is 20.2. The molecule has 0 N–H and O–H groups in total. The van der Waals surface area contributed by atoms with Gasteiger partial charge in [-0.05, 0) is 155 Å². The minimum atomic E-state index is -0.252. The fourth-order valence-electron chi connectivity index (χ4n) is 12.2. The van der Waals surface area contributed by atoms with Crippen LogP contribution in [0.15, 0.2) is 243 Å². The molecule has 0 fully saturated rings. The molecule has 0 amide bonds. The smallest absolute Gasteiger partial charge is 0.235 e. The van der Waals surface area contributed by atoms with Gasteiger partial charge < -0.3 is 4.90 Å². The Morgan fingerprint density at radius 1 is 0.370 bits per heavy atom. The van der Waals surface area contributed by atoms with Crippen LogP contribution in [0.5, 0.6) is 0 Å². The summed E-state index contributed by atoms with van der Waals surface area (Å²) >= 11 is 0. The Kier molecular flexibility index (Phi) is 8.97. The lowest BCUT2D eigenvalue weighted by molar-refractivity contribution is 0.662. The Labute approximate surface area is 422 Å². The molecule has 0 saturated heterocycles. The Morgan fingerprint density at radius 2 is 0.918 bits per heavy atom. The molecule has 0 spiro atoms. The predicted octanol–water partition coefficient (Wildman–Crippen LogP) is 18.4. The average Bonchev–Trinajstić information content (AvgIpc) is 3.88. The van der Waals surface area contributed by atoms with E-state index in [2.05, 4.69) is 254 Å². The fraction of sp³-hybridized carbons (Fsp3) is 0.0435. The van der Waals surface area contributed by atoms with Crippen LogP contribution < -0.4 is 4.90 Å². The standard InChI is InChI=1S/C69H46N4/c1-69(2)62-39-57-55-27-12-10-25-53(55)52-24-9-11-26-54(52)56(57)38-58(62)59-41-67-61(40-63(59)69)60-37-47(32-35-66(60)73(67)68-70-42-48-19-7-13-28-64(48)71-68)44-30-33-49(34-31-44)72(65-29-15-20-45-18-6-8-23-51(45)65)50-22-14-21-46(36-50)43-16-4-3-5-17-43/h3-42H,1-2H3. The number of anilines is 3. The number of hydrogen-bond donors (Lipinski definition) is 0. The van der Waals surface area contributed by atoms with E-state index in [0.717, 1.165) is 50.1 Å². The highest BCUT2D eigenvalue weighted by Crippen LogP contribution is 2.54. The summed E-state index contributed by atoms with van der Waals surface area (Å²) in [6.45, 7) is 4.80. The summed E-state index contributed by atoms with van der Waals surface area (Å²) < 4.78 is 2.28. The number of rotatable bonds is 6. The van der Waals surface area contributed by atoms with E-state index < -0.39 is 0 Å². The highest BCUT2D eigenvalue weighted by Gasteiger charge is 2.37. The zero-order valence-corrected chi connectivity index (χ0v) is 40.4. The van der Waals surface area contributed by atoms with Crippen LogP contribution >= 0.6 is 0 Å². The monoisotopic (exact) mass is 930 g/mol. The first-order valence-electron chi connectivity index (χ1n) is 25.2. The molecule has 0 aliphatic heterocycles. The molecule has 1 aliphatic rings. The number of aromatic nitrogens is 3. The average molecular weight is 931 g/mol. The van der Waals surface area contributed by atoms with Crippen molar-refractivity contribution in [3.8, 4) is 39.3 Å². The largest absolute Gasteiger partial charge is 0.310 e. The summed E-state index contributed by atoms with van der Waals surface area (Å²) in [6, 6.07) is 86.6. The van der Waals surface area contributed by atoms with Gasteiger partial charge in [-0.2, -0.15) is 0 Å². The lowest BCUT2D eigenvalue weighted by Crippen LogP contribution is -2.15. The first-order valence-corrected chi connectivity index (χ1v) is 25.2. The van der Waals surface area contributed by atoms with Crippen molar-refractivity contribution in [2.24, 2.45) is 0 Å². The van der Waals surface area contributed by atoms with Crippen LogP contribution in [0.3, 0.4) is 0 Å². The van der Waals surface area contributed by atoms with Crippen LogP contribution in [-0.2, 0) is 5.41 Å². The van der Waals surface area contributed by atoms with Gasteiger partial charge in [0.05, 0.1) is 22.2 Å². The summed E-state index contributed by atoms with van der Waals surface area (Å²) in [5.41, 5.74) is 16.0. The third kappa shape index (κ3) is 6.33. The molecule has 1 aliphatic carbocycles. The minimum Gasteiger partial charge on any atom is -0.310 e. The van der Waals surface area contributed by atoms with E-state index in [-0.39, 0.29) is 5.41 Å². The van der Waals surface area contributed by atoms with E-state index in [9.17, 15) is 0 Å². The van der Waals surface area contributed by atoms with Gasteiger partial charge in [0.1, 0.15) is 0 Å². The van der Waals surface area contributed by atoms with E-state index in [4.69, 9.17) is 9.97 Å². The van der Waals surface area contributed by atoms with Crippen molar-refractivity contribution >= 4 is 92.9 Å². The van der Waals surface area contributed by atoms with Gasteiger partial charge in [-0.1, -0.05) is 178 Å². The summed E-state index contributed by atoms with van der Waals surface area (Å²) in [5, 5.41) is 13.5.